The first-order valence-electron chi connectivity index (χ1n) is 6.57. The quantitative estimate of drug-likeness (QED) is 0.805. The van der Waals surface area contributed by atoms with Gasteiger partial charge in [0.15, 0.2) is 5.78 Å². The molecule has 1 aromatic rings. The summed E-state index contributed by atoms with van der Waals surface area (Å²) < 4.78 is 13.1. The molecule has 0 unspecified atom stereocenters. The Kier molecular flexibility index (Phi) is 5.48. The van der Waals surface area contributed by atoms with E-state index in [4.69, 9.17) is 0 Å². The molecule has 0 aliphatic heterocycles. The molecular formula is C15H22FNO2. The molecule has 0 aliphatic rings. The van der Waals surface area contributed by atoms with Crippen molar-refractivity contribution in [1.29, 1.82) is 0 Å². The minimum Gasteiger partial charge on any atom is -0.507 e. The van der Waals surface area contributed by atoms with Crippen molar-refractivity contribution in [3.8, 4) is 5.75 Å². The van der Waals surface area contributed by atoms with Crippen LogP contribution >= 0.6 is 0 Å². The molecule has 1 rings (SSSR count). The Bertz CT molecular complexity index is 444. The van der Waals surface area contributed by atoms with Gasteiger partial charge >= 0.3 is 0 Å². The first-order chi connectivity index (χ1) is 8.81. The van der Waals surface area contributed by atoms with E-state index in [9.17, 15) is 14.3 Å². The van der Waals surface area contributed by atoms with Gasteiger partial charge in [0.2, 0.25) is 0 Å². The van der Waals surface area contributed by atoms with Gasteiger partial charge in [0.05, 0.1) is 12.1 Å². The van der Waals surface area contributed by atoms with Gasteiger partial charge in [0.25, 0.3) is 0 Å². The molecule has 0 atom stereocenters. The fraction of sp³-hybridized carbons (Fsp3) is 0.533. The largest absolute Gasteiger partial charge is 0.507 e. The van der Waals surface area contributed by atoms with Crippen molar-refractivity contribution in [3.63, 3.8) is 0 Å². The number of phenolic OH excluding ortho intramolecular Hbond substituents is 1. The maximum absolute atomic E-state index is 13.1. The summed E-state index contributed by atoms with van der Waals surface area (Å²) in [6.45, 7) is 9.17. The van der Waals surface area contributed by atoms with Crippen LogP contribution < -0.4 is 0 Å². The molecule has 0 aliphatic carbocycles. The van der Waals surface area contributed by atoms with Crippen molar-refractivity contribution in [3.05, 3.63) is 29.6 Å². The second-order valence-electron chi connectivity index (χ2n) is 5.50. The Balaban J connectivity index is 2.84. The van der Waals surface area contributed by atoms with Crippen LogP contribution in [0.3, 0.4) is 0 Å². The van der Waals surface area contributed by atoms with E-state index in [1.807, 2.05) is 18.7 Å². The molecule has 0 aromatic heterocycles. The summed E-state index contributed by atoms with van der Waals surface area (Å²) in [5, 5.41) is 9.63. The molecule has 106 valence electrons. The number of benzene rings is 1. The van der Waals surface area contributed by atoms with Gasteiger partial charge in [-0.1, -0.05) is 13.8 Å². The van der Waals surface area contributed by atoms with Crippen LogP contribution in [0.15, 0.2) is 18.2 Å². The highest BCUT2D eigenvalue weighted by atomic mass is 19.1. The van der Waals surface area contributed by atoms with Crippen LogP contribution in [0, 0.1) is 11.7 Å². The highest BCUT2D eigenvalue weighted by molar-refractivity contribution is 6.00. The second kappa shape index (κ2) is 6.66. The van der Waals surface area contributed by atoms with E-state index in [1.54, 1.807) is 0 Å². The lowest BCUT2D eigenvalue weighted by molar-refractivity contribution is 0.0889. The van der Waals surface area contributed by atoms with Gasteiger partial charge in [-0.2, -0.15) is 0 Å². The molecule has 0 saturated carbocycles. The summed E-state index contributed by atoms with van der Waals surface area (Å²) in [6.07, 6.45) is 0. The standard InChI is InChI=1S/C15H22FNO2/c1-10(2)8-17(11(3)4)9-15(19)13-7-12(16)5-6-14(13)18/h5-7,10-11,18H,8-9H2,1-4H3. The molecular weight excluding hydrogens is 245 g/mol. The van der Waals surface area contributed by atoms with Crippen LogP contribution in [-0.2, 0) is 0 Å². The minimum atomic E-state index is -0.513. The number of Topliss-reactive ketones (excluding diaryl/α,β-unsaturated/α-hetero) is 1. The lowest BCUT2D eigenvalue weighted by atomic mass is 10.1. The molecule has 0 heterocycles. The summed E-state index contributed by atoms with van der Waals surface area (Å²) in [7, 11) is 0. The first-order valence-corrected chi connectivity index (χ1v) is 6.57. The van der Waals surface area contributed by atoms with E-state index in [1.165, 1.54) is 6.07 Å². The SMILES string of the molecule is CC(C)CN(CC(=O)c1cc(F)ccc1O)C(C)C. The highest BCUT2D eigenvalue weighted by Gasteiger charge is 2.19. The lowest BCUT2D eigenvalue weighted by Gasteiger charge is -2.27. The van der Waals surface area contributed by atoms with Crippen LogP contribution in [0.1, 0.15) is 38.1 Å². The molecule has 4 heteroatoms. The highest BCUT2D eigenvalue weighted by Crippen LogP contribution is 2.19. The normalized spacial score (nSPS) is 11.6. The molecule has 1 N–H and O–H groups in total. The molecule has 0 saturated heterocycles. The van der Waals surface area contributed by atoms with Crippen molar-refractivity contribution in [2.75, 3.05) is 13.1 Å². The van der Waals surface area contributed by atoms with Crippen LogP contribution in [0.5, 0.6) is 5.75 Å². The summed E-state index contributed by atoms with van der Waals surface area (Å²) in [6, 6.07) is 3.67. The molecule has 0 radical (unpaired) electrons. The molecule has 3 nitrogen and oxygen atoms in total. The van der Waals surface area contributed by atoms with Crippen LogP contribution in [0.4, 0.5) is 4.39 Å². The molecule has 0 fully saturated rings. The zero-order valence-corrected chi connectivity index (χ0v) is 12.0. The number of rotatable bonds is 6. The van der Waals surface area contributed by atoms with Gasteiger partial charge in [0.1, 0.15) is 11.6 Å². The molecule has 0 amide bonds. The third-order valence-electron chi connectivity index (χ3n) is 2.94. The van der Waals surface area contributed by atoms with Crippen LogP contribution in [0.25, 0.3) is 0 Å². The molecule has 19 heavy (non-hydrogen) atoms. The lowest BCUT2D eigenvalue weighted by Crippen LogP contribution is -2.38. The third-order valence-corrected chi connectivity index (χ3v) is 2.94. The number of halogens is 1. The van der Waals surface area contributed by atoms with Gasteiger partial charge < -0.3 is 5.11 Å². The minimum absolute atomic E-state index is 0.0504. The Morgan fingerprint density at radius 3 is 2.47 bits per heavy atom. The van der Waals surface area contributed by atoms with E-state index in [2.05, 4.69) is 13.8 Å². The zero-order chi connectivity index (χ0) is 14.6. The predicted octanol–water partition coefficient (Wildman–Crippen LogP) is 3.08. The van der Waals surface area contributed by atoms with Crippen molar-refractivity contribution in [1.82, 2.24) is 4.90 Å². The Morgan fingerprint density at radius 1 is 1.32 bits per heavy atom. The monoisotopic (exact) mass is 267 g/mol. The van der Waals surface area contributed by atoms with Gasteiger partial charge in [-0.3, -0.25) is 9.69 Å². The summed E-state index contributed by atoms with van der Waals surface area (Å²) in [5.41, 5.74) is 0.0504. The van der Waals surface area contributed by atoms with Crippen LogP contribution in [0.2, 0.25) is 0 Å². The molecule has 0 spiro atoms. The van der Waals surface area contributed by atoms with Crippen LogP contribution in [-0.4, -0.2) is 34.9 Å². The van der Waals surface area contributed by atoms with Crippen molar-refractivity contribution in [2.24, 2.45) is 5.92 Å². The van der Waals surface area contributed by atoms with E-state index in [0.29, 0.717) is 5.92 Å². The van der Waals surface area contributed by atoms with E-state index < -0.39 is 5.82 Å². The van der Waals surface area contributed by atoms with Gasteiger partial charge in [-0.25, -0.2) is 4.39 Å². The Hall–Kier alpha value is -1.42. The zero-order valence-electron chi connectivity index (χ0n) is 12.0. The fourth-order valence-corrected chi connectivity index (χ4v) is 1.93. The van der Waals surface area contributed by atoms with Crippen molar-refractivity contribution < 1.29 is 14.3 Å². The van der Waals surface area contributed by atoms with E-state index in [-0.39, 0.29) is 29.7 Å². The summed E-state index contributed by atoms with van der Waals surface area (Å²) in [4.78, 5) is 14.2. The van der Waals surface area contributed by atoms with E-state index in [0.717, 1.165) is 18.7 Å². The molecule has 0 bridgehead atoms. The predicted molar refractivity (Wildman–Crippen MR) is 73.9 cm³/mol. The number of ketones is 1. The maximum Gasteiger partial charge on any atom is 0.180 e. The van der Waals surface area contributed by atoms with Gasteiger partial charge in [-0.15, -0.1) is 0 Å². The molecule has 1 aromatic carbocycles. The maximum atomic E-state index is 13.1. The first kappa shape index (κ1) is 15.6. The second-order valence-corrected chi connectivity index (χ2v) is 5.50. The number of carbonyl (C=O) groups excluding carboxylic acids is 1. The van der Waals surface area contributed by atoms with Crippen molar-refractivity contribution in [2.45, 2.75) is 33.7 Å². The average molecular weight is 267 g/mol. The fourth-order valence-electron chi connectivity index (χ4n) is 1.93. The summed E-state index contributed by atoms with van der Waals surface area (Å²) in [5.74, 6) is -0.497. The Morgan fingerprint density at radius 2 is 1.95 bits per heavy atom. The average Bonchev–Trinajstić information content (AvgIpc) is 2.30. The smallest absolute Gasteiger partial charge is 0.180 e. The number of hydrogen-bond donors (Lipinski definition) is 1. The number of nitrogens with zero attached hydrogens (tertiary/aromatic N) is 1. The van der Waals surface area contributed by atoms with Gasteiger partial charge in [0, 0.05) is 12.6 Å². The third kappa shape index (κ3) is 4.63. The number of aromatic hydroxyl groups is 1. The number of phenols is 1. The van der Waals surface area contributed by atoms with Crippen molar-refractivity contribution >= 4 is 5.78 Å². The number of carbonyl (C=O) groups is 1. The number of hydrogen-bond acceptors (Lipinski definition) is 3. The topological polar surface area (TPSA) is 40.5 Å². The summed E-state index contributed by atoms with van der Waals surface area (Å²) >= 11 is 0. The van der Waals surface area contributed by atoms with E-state index >= 15 is 0 Å². The van der Waals surface area contributed by atoms with Gasteiger partial charge in [-0.05, 0) is 38.0 Å². The Labute approximate surface area is 114 Å².